The SMILES string of the molecule is CO[C@H]1C[C@@H]2CC[C@@H](C)[C@@](O)(O2)C(=O)C(=O)N2CCCC[C@H]2C(=O)O[C@H]([C@H](C)C[C@@H]2CC[C@@H](C)[C@H](OC)C2)CC(=O)[C@H](C)/C=C(\C)[C@@H](OC)[C@@H](OC)C(=O)[C@H](C)C[C@H](C)/C=C/C=C/C=C/1C. The number of carbonyl (C=O) groups is 5. The first-order valence-electron chi connectivity index (χ1n) is 24.6. The summed E-state index contributed by atoms with van der Waals surface area (Å²) in [6.45, 7) is 15.5. The second-order valence-electron chi connectivity index (χ2n) is 20.2. The molecule has 2 bridgehead atoms. The van der Waals surface area contributed by atoms with E-state index in [4.69, 9.17) is 28.4 Å². The highest BCUT2D eigenvalue weighted by Gasteiger charge is 2.53. The lowest BCUT2D eigenvalue weighted by atomic mass is 9.76. The molecule has 4 aliphatic rings. The number of rotatable bonds is 7. The lowest BCUT2D eigenvalue weighted by Crippen LogP contribution is -2.61. The van der Waals surface area contributed by atoms with Gasteiger partial charge in [0.15, 0.2) is 5.78 Å². The third kappa shape index (κ3) is 14.4. The second-order valence-corrected chi connectivity index (χ2v) is 20.2. The van der Waals surface area contributed by atoms with Crippen LogP contribution in [-0.4, -0.2) is 123 Å². The van der Waals surface area contributed by atoms with Gasteiger partial charge in [-0.3, -0.25) is 19.2 Å². The molecule has 4 rings (SSSR count). The van der Waals surface area contributed by atoms with Crippen LogP contribution in [0.3, 0.4) is 0 Å². The zero-order valence-electron chi connectivity index (χ0n) is 42.1. The number of aliphatic hydroxyl groups is 1. The first kappa shape index (κ1) is 55.3. The molecule has 1 saturated carbocycles. The number of carbonyl (C=O) groups excluding carboxylic acids is 5. The Bertz CT molecular complexity index is 1770. The Labute approximate surface area is 395 Å². The van der Waals surface area contributed by atoms with Gasteiger partial charge in [-0.1, -0.05) is 78.0 Å². The number of hydrogen-bond acceptors (Lipinski definition) is 12. The van der Waals surface area contributed by atoms with Crippen molar-refractivity contribution in [3.8, 4) is 0 Å². The number of fused-ring (bicyclic) bond motifs is 3. The Hall–Kier alpha value is -3.33. The van der Waals surface area contributed by atoms with Gasteiger partial charge in [0.2, 0.25) is 5.79 Å². The van der Waals surface area contributed by atoms with Crippen LogP contribution in [0.5, 0.6) is 0 Å². The van der Waals surface area contributed by atoms with Crippen LogP contribution in [0, 0.1) is 41.4 Å². The van der Waals surface area contributed by atoms with Crippen LogP contribution >= 0.6 is 0 Å². The largest absolute Gasteiger partial charge is 0.460 e. The Morgan fingerprint density at radius 1 is 0.803 bits per heavy atom. The molecule has 1 N–H and O–H groups in total. The molecular weight excluding hydrogens is 843 g/mol. The monoisotopic (exact) mass is 926 g/mol. The van der Waals surface area contributed by atoms with Gasteiger partial charge in [0.1, 0.15) is 30.1 Å². The number of methoxy groups -OCH3 is 4. The van der Waals surface area contributed by atoms with Gasteiger partial charge in [0.05, 0.1) is 18.3 Å². The third-order valence-electron chi connectivity index (χ3n) is 15.1. The standard InChI is InChI=1S/C53H83NO12/c1-32-18-14-13-15-19-33(2)45(62-10)30-41-24-22-39(8)53(60,66-41)50(57)51(58)54-25-17-16-20-42(54)52(59)65-46(36(5)28-40-23-21-34(3)44(29-40)61-9)31-43(55)35(4)27-38(7)48(63-11)49(64-12)47(56)37(6)26-32/h13-15,18-19,27,32,34-37,39-42,44-46,48-49,60H,16-17,20-26,28-31H2,1-12H3/b15-13+,18-14+,33-19+,38-27+/t32-,34-,35-,36-,37-,39-,40+,41+,42+,44-,45+,46+,48-,49+,53-/m1/s1. The van der Waals surface area contributed by atoms with Gasteiger partial charge in [-0.25, -0.2) is 4.79 Å². The Morgan fingerprint density at radius 3 is 2.18 bits per heavy atom. The highest BCUT2D eigenvalue weighted by Crippen LogP contribution is 2.38. The molecule has 13 nitrogen and oxygen atoms in total. The lowest BCUT2D eigenvalue weighted by molar-refractivity contribution is -0.265. The predicted molar refractivity (Wildman–Crippen MR) is 253 cm³/mol. The molecule has 3 heterocycles. The third-order valence-corrected chi connectivity index (χ3v) is 15.1. The fourth-order valence-corrected chi connectivity index (χ4v) is 10.7. The molecule has 0 aromatic rings. The summed E-state index contributed by atoms with van der Waals surface area (Å²) >= 11 is 0. The molecule has 0 aromatic heterocycles. The average Bonchev–Trinajstić information content (AvgIpc) is 3.29. The molecule has 3 aliphatic heterocycles. The average molecular weight is 926 g/mol. The van der Waals surface area contributed by atoms with Crippen molar-refractivity contribution in [3.63, 3.8) is 0 Å². The Balaban J connectivity index is 1.72. The van der Waals surface area contributed by atoms with Gasteiger partial charge in [0.25, 0.3) is 11.7 Å². The summed E-state index contributed by atoms with van der Waals surface area (Å²) in [5, 5.41) is 12.0. The fourth-order valence-electron chi connectivity index (χ4n) is 10.7. The number of nitrogens with zero attached hydrogens (tertiary/aromatic N) is 1. The summed E-state index contributed by atoms with van der Waals surface area (Å²) in [5.41, 5.74) is 1.57. The minimum atomic E-state index is -2.40. The van der Waals surface area contributed by atoms with Gasteiger partial charge in [0, 0.05) is 65.6 Å². The maximum absolute atomic E-state index is 14.4. The molecule has 0 unspecified atom stereocenters. The molecule has 13 heteroatoms. The van der Waals surface area contributed by atoms with Gasteiger partial charge < -0.3 is 38.4 Å². The number of Topliss-reactive ketones (excluding diaryl/α,β-unsaturated/α-hetero) is 3. The molecule has 1 amide bonds. The highest BCUT2D eigenvalue weighted by molar-refractivity contribution is 6.39. The van der Waals surface area contributed by atoms with E-state index in [0.29, 0.717) is 62.4 Å². The summed E-state index contributed by atoms with van der Waals surface area (Å²) in [6, 6.07) is -1.09. The van der Waals surface area contributed by atoms with E-state index in [9.17, 15) is 29.1 Å². The number of allylic oxidation sites excluding steroid dienone is 6. The van der Waals surface area contributed by atoms with Crippen molar-refractivity contribution < 1.29 is 57.5 Å². The summed E-state index contributed by atoms with van der Waals surface area (Å²) < 4.78 is 35.9. The van der Waals surface area contributed by atoms with Crippen LogP contribution in [0.4, 0.5) is 0 Å². The smallest absolute Gasteiger partial charge is 0.329 e. The van der Waals surface area contributed by atoms with Crippen molar-refractivity contribution in [3.05, 3.63) is 47.6 Å². The van der Waals surface area contributed by atoms with Crippen molar-refractivity contribution >= 4 is 29.2 Å². The zero-order chi connectivity index (χ0) is 48.9. The zero-order valence-corrected chi connectivity index (χ0v) is 42.1. The fraction of sp³-hybridized carbons (Fsp3) is 0.755. The minimum absolute atomic E-state index is 0.0710. The van der Waals surface area contributed by atoms with Gasteiger partial charge >= 0.3 is 5.97 Å². The number of ether oxygens (including phenoxy) is 6. The predicted octanol–water partition coefficient (Wildman–Crippen LogP) is 8.11. The van der Waals surface area contributed by atoms with Crippen molar-refractivity contribution in [2.45, 2.75) is 181 Å². The maximum Gasteiger partial charge on any atom is 0.329 e. The van der Waals surface area contributed by atoms with Crippen molar-refractivity contribution in [1.82, 2.24) is 4.90 Å². The Kier molecular flexibility index (Phi) is 21.7. The quantitative estimate of drug-likeness (QED) is 0.148. The number of amides is 1. The molecule has 3 fully saturated rings. The van der Waals surface area contributed by atoms with E-state index in [1.54, 1.807) is 34.1 Å². The van der Waals surface area contributed by atoms with E-state index in [2.05, 4.69) is 13.8 Å². The van der Waals surface area contributed by atoms with Gasteiger partial charge in [-0.2, -0.15) is 0 Å². The van der Waals surface area contributed by atoms with E-state index in [1.165, 1.54) is 19.1 Å². The first-order valence-corrected chi connectivity index (χ1v) is 24.6. The van der Waals surface area contributed by atoms with Crippen molar-refractivity contribution in [2.75, 3.05) is 35.0 Å². The summed E-state index contributed by atoms with van der Waals surface area (Å²) in [7, 11) is 6.35. The van der Waals surface area contributed by atoms with E-state index < -0.39 is 71.8 Å². The number of cyclic esters (lactones) is 1. The maximum atomic E-state index is 14.4. The topological polar surface area (TPSA) is 164 Å². The van der Waals surface area contributed by atoms with Crippen LogP contribution in [0.1, 0.15) is 132 Å². The van der Waals surface area contributed by atoms with Crippen LogP contribution in [0.15, 0.2) is 47.6 Å². The highest BCUT2D eigenvalue weighted by atomic mass is 16.6. The second kappa shape index (κ2) is 25.9. The summed E-state index contributed by atoms with van der Waals surface area (Å²) in [5.74, 6) is -6.55. The van der Waals surface area contributed by atoms with E-state index in [0.717, 1.165) is 24.8 Å². The molecule has 66 heavy (non-hydrogen) atoms. The van der Waals surface area contributed by atoms with E-state index in [-0.39, 0.29) is 54.8 Å². The van der Waals surface area contributed by atoms with E-state index >= 15 is 0 Å². The summed E-state index contributed by atoms with van der Waals surface area (Å²) in [4.78, 5) is 72.4. The number of piperidine rings is 1. The molecular formula is C53H83NO12. The molecule has 0 spiro atoms. The van der Waals surface area contributed by atoms with E-state index in [1.807, 2.05) is 58.1 Å². The van der Waals surface area contributed by atoms with Crippen LogP contribution < -0.4 is 0 Å². The number of esters is 1. The van der Waals surface area contributed by atoms with Crippen LogP contribution in [0.25, 0.3) is 0 Å². The van der Waals surface area contributed by atoms with Crippen LogP contribution in [-0.2, 0) is 52.4 Å². The molecule has 1 aliphatic carbocycles. The molecule has 2 saturated heterocycles. The number of ketones is 3. The van der Waals surface area contributed by atoms with Gasteiger partial charge in [-0.05, 0) is 113 Å². The molecule has 0 radical (unpaired) electrons. The summed E-state index contributed by atoms with van der Waals surface area (Å²) in [6.07, 6.45) is 15.0. The normalized spacial score (nSPS) is 40.0. The Morgan fingerprint density at radius 2 is 1.52 bits per heavy atom. The van der Waals surface area contributed by atoms with Gasteiger partial charge in [-0.15, -0.1) is 0 Å². The molecule has 0 aromatic carbocycles. The first-order chi connectivity index (χ1) is 31.3. The number of hydrogen-bond donors (Lipinski definition) is 1. The van der Waals surface area contributed by atoms with Crippen LogP contribution in [0.2, 0.25) is 0 Å². The minimum Gasteiger partial charge on any atom is -0.460 e. The van der Waals surface area contributed by atoms with Crippen molar-refractivity contribution in [2.24, 2.45) is 41.4 Å². The molecule has 372 valence electrons. The lowest BCUT2D eigenvalue weighted by Gasteiger charge is -2.42. The van der Waals surface area contributed by atoms with Crippen molar-refractivity contribution in [1.29, 1.82) is 0 Å². The molecule has 15 atom stereocenters.